The Labute approximate surface area is 189 Å². The Morgan fingerprint density at radius 3 is 2.58 bits per heavy atom. The van der Waals surface area contributed by atoms with Gasteiger partial charge in [0.2, 0.25) is 5.91 Å². The maximum Gasteiger partial charge on any atom is 0.226 e. The lowest BCUT2D eigenvalue weighted by Crippen LogP contribution is -2.40. The lowest BCUT2D eigenvalue weighted by Gasteiger charge is -2.27. The van der Waals surface area contributed by atoms with Gasteiger partial charge in [-0.2, -0.15) is 0 Å². The number of benzene rings is 2. The van der Waals surface area contributed by atoms with Crippen LogP contribution in [0.4, 0.5) is 8.78 Å². The summed E-state index contributed by atoms with van der Waals surface area (Å²) in [7, 11) is 0. The van der Waals surface area contributed by atoms with E-state index in [-0.39, 0.29) is 36.6 Å². The Balaban J connectivity index is 1.48. The van der Waals surface area contributed by atoms with Crippen molar-refractivity contribution in [3.63, 3.8) is 0 Å². The molecule has 31 heavy (non-hydrogen) atoms. The smallest absolute Gasteiger partial charge is 0.226 e. The number of rotatable bonds is 6. The fourth-order valence-electron chi connectivity index (χ4n) is 4.14. The minimum Gasteiger partial charge on any atom is -0.390 e. The summed E-state index contributed by atoms with van der Waals surface area (Å²) in [5.41, 5.74) is 1.79. The van der Waals surface area contributed by atoms with Crippen molar-refractivity contribution in [2.75, 3.05) is 6.54 Å². The summed E-state index contributed by atoms with van der Waals surface area (Å²) in [5.74, 6) is -1.40. The van der Waals surface area contributed by atoms with Crippen molar-refractivity contribution in [3.8, 4) is 0 Å². The van der Waals surface area contributed by atoms with Crippen LogP contribution in [0.5, 0.6) is 0 Å². The molecule has 1 heterocycles. The van der Waals surface area contributed by atoms with Crippen LogP contribution in [0.1, 0.15) is 43.2 Å². The molecule has 1 aliphatic carbocycles. The van der Waals surface area contributed by atoms with Gasteiger partial charge in [0, 0.05) is 36.1 Å². The molecular weight excluding hydrogens is 445 g/mol. The van der Waals surface area contributed by atoms with Crippen molar-refractivity contribution in [1.29, 1.82) is 0 Å². The third kappa shape index (κ3) is 5.18. The molecular formula is C23H22Cl2F2N2O2. The second-order valence-corrected chi connectivity index (χ2v) is 8.85. The first-order valence-electron chi connectivity index (χ1n) is 10.3. The van der Waals surface area contributed by atoms with Crippen LogP contribution in [-0.4, -0.2) is 29.2 Å². The van der Waals surface area contributed by atoms with E-state index in [1.54, 1.807) is 17.0 Å². The molecule has 0 unspecified atom stereocenters. The second-order valence-electron chi connectivity index (χ2n) is 8.03. The van der Waals surface area contributed by atoms with E-state index in [0.29, 0.717) is 22.2 Å². The highest BCUT2D eigenvalue weighted by atomic mass is 35.5. The summed E-state index contributed by atoms with van der Waals surface area (Å²) in [6.45, 7) is 0.323. The van der Waals surface area contributed by atoms with Crippen LogP contribution in [-0.2, 0) is 16.2 Å². The zero-order chi connectivity index (χ0) is 22.0. The highest BCUT2D eigenvalue weighted by Crippen LogP contribution is 2.29. The van der Waals surface area contributed by atoms with Gasteiger partial charge in [0.05, 0.1) is 22.3 Å². The number of carbonyl (C=O) groups excluding carboxylic acids is 1. The largest absolute Gasteiger partial charge is 0.390 e. The Bertz CT molecular complexity index is 1010. The molecule has 0 N–H and O–H groups in total. The van der Waals surface area contributed by atoms with Crippen molar-refractivity contribution < 1.29 is 18.4 Å². The third-order valence-electron chi connectivity index (χ3n) is 5.80. The van der Waals surface area contributed by atoms with Gasteiger partial charge in [0.25, 0.3) is 0 Å². The highest BCUT2D eigenvalue weighted by Gasteiger charge is 2.32. The van der Waals surface area contributed by atoms with Gasteiger partial charge in [-0.3, -0.25) is 4.79 Å². The average Bonchev–Trinajstić information content (AvgIpc) is 3.43. The van der Waals surface area contributed by atoms with Crippen LogP contribution in [0.2, 0.25) is 10.0 Å². The van der Waals surface area contributed by atoms with Gasteiger partial charge in [-0.25, -0.2) is 8.78 Å². The van der Waals surface area contributed by atoms with Gasteiger partial charge in [0.15, 0.2) is 6.10 Å². The Morgan fingerprint density at radius 1 is 1.10 bits per heavy atom. The van der Waals surface area contributed by atoms with E-state index in [1.807, 2.05) is 6.07 Å². The van der Waals surface area contributed by atoms with Crippen LogP contribution in [0, 0.1) is 17.6 Å². The van der Waals surface area contributed by atoms with Crippen LogP contribution in [0.3, 0.4) is 0 Å². The average molecular weight is 467 g/mol. The van der Waals surface area contributed by atoms with Gasteiger partial charge in [-0.05, 0) is 31.0 Å². The topological polar surface area (TPSA) is 41.9 Å². The number of carbonyl (C=O) groups is 1. The number of amides is 1. The maximum absolute atomic E-state index is 14.3. The fraction of sp³-hybridized carbons (Fsp3) is 0.391. The summed E-state index contributed by atoms with van der Waals surface area (Å²) < 4.78 is 27.6. The molecule has 4 nitrogen and oxygen atoms in total. The summed E-state index contributed by atoms with van der Waals surface area (Å²) in [6, 6.07) is 8.66. The number of halogens is 4. The molecule has 0 saturated heterocycles. The minimum absolute atomic E-state index is 0.0205. The summed E-state index contributed by atoms with van der Waals surface area (Å²) in [5, 5.41) is 5.04. The minimum atomic E-state index is -0.663. The van der Waals surface area contributed by atoms with Gasteiger partial charge >= 0.3 is 0 Å². The molecule has 8 heteroatoms. The number of hydrogen-bond donors (Lipinski definition) is 0. The molecule has 2 aromatic carbocycles. The fourth-order valence-corrected chi connectivity index (χ4v) is 4.44. The lowest BCUT2D eigenvalue weighted by molar-refractivity contribution is -0.137. The van der Waals surface area contributed by atoms with Gasteiger partial charge < -0.3 is 9.74 Å². The van der Waals surface area contributed by atoms with Crippen molar-refractivity contribution in [2.24, 2.45) is 11.1 Å². The molecule has 0 radical (unpaired) electrons. The number of hydrogen-bond acceptors (Lipinski definition) is 3. The van der Waals surface area contributed by atoms with Crippen molar-refractivity contribution in [1.82, 2.24) is 4.90 Å². The van der Waals surface area contributed by atoms with Crippen LogP contribution >= 0.6 is 23.2 Å². The zero-order valence-electron chi connectivity index (χ0n) is 16.8. The van der Waals surface area contributed by atoms with Crippen LogP contribution < -0.4 is 0 Å². The monoisotopic (exact) mass is 466 g/mol. The molecule has 2 aromatic rings. The standard InChI is InChI=1S/C23H22Cl2F2N2O2/c24-19-8-6-15(9-20(19)25)22-11-18(31-28-22)13-29(23(30)14-3-1-2-4-14)12-16-5-7-17(26)10-21(16)27/h5-10,14,18H,1-4,11-13H2/t18-/m0/s1. The second kappa shape index (κ2) is 9.53. The first-order valence-corrected chi connectivity index (χ1v) is 11.1. The van der Waals surface area contributed by atoms with E-state index in [2.05, 4.69) is 5.16 Å². The van der Waals surface area contributed by atoms with Crippen LogP contribution in [0.15, 0.2) is 41.6 Å². The predicted octanol–water partition coefficient (Wildman–Crippen LogP) is 5.98. The van der Waals surface area contributed by atoms with Crippen molar-refractivity contribution in [3.05, 3.63) is 69.2 Å². The molecule has 4 rings (SSSR count). The van der Waals surface area contributed by atoms with E-state index < -0.39 is 11.6 Å². The van der Waals surface area contributed by atoms with E-state index in [9.17, 15) is 13.6 Å². The molecule has 0 spiro atoms. The molecule has 1 amide bonds. The van der Waals surface area contributed by atoms with Crippen molar-refractivity contribution >= 4 is 34.8 Å². The van der Waals surface area contributed by atoms with Gasteiger partial charge in [-0.1, -0.05) is 53.3 Å². The van der Waals surface area contributed by atoms with E-state index >= 15 is 0 Å². The Morgan fingerprint density at radius 2 is 1.87 bits per heavy atom. The quantitative estimate of drug-likeness (QED) is 0.524. The third-order valence-corrected chi connectivity index (χ3v) is 6.54. The Kier molecular flexibility index (Phi) is 6.77. The first kappa shape index (κ1) is 22.0. The van der Waals surface area contributed by atoms with Gasteiger partial charge in [0.1, 0.15) is 11.6 Å². The zero-order valence-corrected chi connectivity index (χ0v) is 18.3. The predicted molar refractivity (Wildman–Crippen MR) is 116 cm³/mol. The molecule has 1 fully saturated rings. The van der Waals surface area contributed by atoms with E-state index in [4.69, 9.17) is 28.0 Å². The molecule has 1 aliphatic heterocycles. The maximum atomic E-state index is 14.3. The number of oxime groups is 1. The number of nitrogens with zero attached hydrogens (tertiary/aromatic N) is 2. The molecule has 2 aliphatic rings. The van der Waals surface area contributed by atoms with E-state index in [1.165, 1.54) is 12.1 Å². The Hall–Kier alpha value is -2.18. The SMILES string of the molecule is O=C(C1CCCC1)N(Cc1ccc(F)cc1F)C[C@@H]1CC(c2ccc(Cl)c(Cl)c2)=NO1. The molecule has 0 aromatic heterocycles. The molecule has 0 bridgehead atoms. The molecule has 1 saturated carbocycles. The first-order chi connectivity index (χ1) is 14.9. The lowest BCUT2D eigenvalue weighted by atomic mass is 10.0. The highest BCUT2D eigenvalue weighted by molar-refractivity contribution is 6.42. The van der Waals surface area contributed by atoms with Crippen molar-refractivity contribution in [2.45, 2.75) is 44.8 Å². The van der Waals surface area contributed by atoms with Gasteiger partial charge in [-0.15, -0.1) is 0 Å². The summed E-state index contributed by atoms with van der Waals surface area (Å²) in [6.07, 6.45) is 3.81. The summed E-state index contributed by atoms with van der Waals surface area (Å²) >= 11 is 12.1. The molecule has 164 valence electrons. The van der Waals surface area contributed by atoms with Crippen LogP contribution in [0.25, 0.3) is 0 Å². The summed E-state index contributed by atoms with van der Waals surface area (Å²) in [4.78, 5) is 20.4. The van der Waals surface area contributed by atoms with E-state index in [0.717, 1.165) is 37.3 Å². The molecule has 1 atom stereocenters. The normalized spacial score (nSPS) is 18.7.